The second-order valence-electron chi connectivity index (χ2n) is 7.82. The first-order chi connectivity index (χ1) is 13.1. The number of unbranched alkanes of at least 4 members (excludes halogenated alkanes) is 1. The largest absolute Gasteiger partial charge is 2.00 e. The van der Waals surface area contributed by atoms with Crippen LogP contribution in [-0.2, 0) is 5.41 Å². The third-order valence-electron chi connectivity index (χ3n) is 5.62. The van der Waals surface area contributed by atoms with Crippen molar-refractivity contribution in [3.8, 4) is 17.0 Å². The predicted molar refractivity (Wildman–Crippen MR) is 118 cm³/mol. The summed E-state index contributed by atoms with van der Waals surface area (Å²) in [5.74, 6) is 0.920. The normalized spacial score (nSPS) is 13.9. The maximum absolute atomic E-state index is 6.52. The predicted octanol–water partition coefficient (Wildman–Crippen LogP) is 6.18. The van der Waals surface area contributed by atoms with Crippen LogP contribution in [0.1, 0.15) is 66.1 Å². The molecule has 4 rings (SSSR count). The van der Waals surface area contributed by atoms with E-state index in [1.807, 2.05) is 0 Å². The molecule has 2 aromatic carbocycles. The smallest absolute Gasteiger partial charge is 1.00 e. The van der Waals surface area contributed by atoms with E-state index in [9.17, 15) is 0 Å². The Hall–Kier alpha value is -2.25. The zero-order chi connectivity index (χ0) is 19.0. The molecule has 1 aliphatic rings. The van der Waals surface area contributed by atoms with Crippen LogP contribution in [0.3, 0.4) is 0 Å². The first kappa shape index (κ1) is 20.5. The van der Waals surface area contributed by atoms with Crippen LogP contribution in [0.2, 0.25) is 0 Å². The second kappa shape index (κ2) is 8.01. The average Bonchev–Trinajstić information content (AvgIpc) is 2.93. The first-order valence-corrected chi connectivity index (χ1v) is 9.98. The van der Waals surface area contributed by atoms with Crippen LogP contribution in [0, 0.1) is 6.10 Å². The van der Waals surface area contributed by atoms with Crippen LogP contribution in [0.4, 0.5) is 0 Å². The summed E-state index contributed by atoms with van der Waals surface area (Å²) in [6.45, 7) is 8.87. The van der Waals surface area contributed by atoms with Crippen LogP contribution < -0.4 is 4.74 Å². The Labute approximate surface area is 173 Å². The zero-order valence-corrected chi connectivity index (χ0v) is 17.4. The van der Waals surface area contributed by atoms with Gasteiger partial charge in [-0.05, 0) is 22.4 Å². The number of aromatic nitrogens is 2. The maximum atomic E-state index is 6.52. The molecule has 0 saturated heterocycles. The molecule has 0 saturated carbocycles. The number of benzene rings is 2. The fourth-order valence-corrected chi connectivity index (χ4v) is 4.21. The van der Waals surface area contributed by atoms with Gasteiger partial charge in [-0.2, -0.15) is 0 Å². The van der Waals surface area contributed by atoms with E-state index < -0.39 is 0 Å². The Bertz CT molecular complexity index is 990. The Balaban J connectivity index is 0.00000150. The molecule has 0 unspecified atom stereocenters. The third kappa shape index (κ3) is 3.22. The summed E-state index contributed by atoms with van der Waals surface area (Å²) in [5.41, 5.74) is 4.19. The minimum atomic E-state index is -0.201. The first-order valence-electron chi connectivity index (χ1n) is 9.98. The van der Waals surface area contributed by atoms with Gasteiger partial charge in [0.05, 0.1) is 17.1 Å². The van der Waals surface area contributed by atoms with Gasteiger partial charge in [0.25, 0.3) is 0 Å². The van der Waals surface area contributed by atoms with Crippen molar-refractivity contribution in [3.05, 3.63) is 60.1 Å². The molecule has 1 aliphatic carbocycles. The van der Waals surface area contributed by atoms with Crippen LogP contribution >= 0.6 is 0 Å². The Morgan fingerprint density at radius 1 is 1.11 bits per heavy atom. The molecule has 1 aromatic heterocycles. The summed E-state index contributed by atoms with van der Waals surface area (Å²) in [6, 6.07) is 10.7. The molecule has 0 amide bonds. The standard InChI is InChI=1S/C24H27N2O.Be.H/c1-5-7-11-17(6-2)27-19-15-16-10-8-9-12-18(16)21-20(19)22-23(24(21,3)4)26-14-13-25-22;;/h8-10,12-15H,5-7,11H2,1-4H3;;/q-1;+2;-1. The van der Waals surface area contributed by atoms with Gasteiger partial charge in [-0.3, -0.25) is 9.97 Å². The Morgan fingerprint density at radius 2 is 1.86 bits per heavy atom. The molecule has 28 heavy (non-hydrogen) atoms. The monoisotopic (exact) mass is 369 g/mol. The van der Waals surface area contributed by atoms with Crippen molar-refractivity contribution in [2.75, 3.05) is 0 Å². The van der Waals surface area contributed by atoms with Crippen LogP contribution in [0.25, 0.3) is 22.0 Å². The summed E-state index contributed by atoms with van der Waals surface area (Å²) in [7, 11) is 0. The van der Waals surface area contributed by atoms with Crippen molar-refractivity contribution in [3.63, 3.8) is 0 Å². The van der Waals surface area contributed by atoms with Gasteiger partial charge < -0.3 is 6.16 Å². The van der Waals surface area contributed by atoms with Crippen LogP contribution in [0.5, 0.6) is 5.75 Å². The van der Waals surface area contributed by atoms with Gasteiger partial charge in [0.1, 0.15) is 0 Å². The summed E-state index contributed by atoms with van der Waals surface area (Å²) in [6.07, 6.45) is 8.98. The number of nitrogens with zero attached hydrogens (tertiary/aromatic N) is 2. The van der Waals surface area contributed by atoms with Gasteiger partial charge in [-0.1, -0.05) is 64.8 Å². The minimum Gasteiger partial charge on any atom is -1.00 e. The molecule has 0 radical (unpaired) electrons. The number of ether oxygens (including phenoxy) is 1. The topological polar surface area (TPSA) is 35.0 Å². The van der Waals surface area contributed by atoms with E-state index in [2.05, 4.69) is 58.0 Å². The molecular formula is C24H28BeN2O. The number of hydrogen-bond donors (Lipinski definition) is 0. The van der Waals surface area contributed by atoms with Gasteiger partial charge >= 0.3 is 10.1 Å². The van der Waals surface area contributed by atoms with E-state index in [1.165, 1.54) is 22.8 Å². The average molecular weight is 370 g/mol. The van der Waals surface area contributed by atoms with Gasteiger partial charge in [0, 0.05) is 23.4 Å². The Morgan fingerprint density at radius 3 is 2.61 bits per heavy atom. The molecule has 3 aromatic rings. The molecule has 0 bridgehead atoms. The minimum absolute atomic E-state index is 0. The molecular weight excluding hydrogens is 341 g/mol. The summed E-state index contributed by atoms with van der Waals surface area (Å²) < 4.78 is 6.52. The molecule has 0 fully saturated rings. The summed E-state index contributed by atoms with van der Waals surface area (Å²) >= 11 is 0. The number of hydrogen-bond acceptors (Lipinski definition) is 3. The molecule has 0 spiro atoms. The van der Waals surface area contributed by atoms with Gasteiger partial charge in [-0.15, -0.1) is 18.9 Å². The quantitative estimate of drug-likeness (QED) is 0.384. The molecule has 4 heteroatoms. The summed E-state index contributed by atoms with van der Waals surface area (Å²) in [4.78, 5) is 9.41. The van der Waals surface area contributed by atoms with Gasteiger partial charge in [-0.25, -0.2) is 0 Å². The van der Waals surface area contributed by atoms with E-state index in [-0.39, 0.29) is 17.0 Å². The van der Waals surface area contributed by atoms with E-state index in [4.69, 9.17) is 14.7 Å². The molecule has 0 aliphatic heterocycles. The number of fused-ring (bicyclic) bond motifs is 5. The van der Waals surface area contributed by atoms with Crippen LogP contribution in [-0.4, -0.2) is 20.1 Å². The van der Waals surface area contributed by atoms with Crippen molar-refractivity contribution in [2.24, 2.45) is 0 Å². The fourth-order valence-electron chi connectivity index (χ4n) is 4.21. The maximum Gasteiger partial charge on any atom is 2.00 e. The molecule has 0 N–H and O–H groups in total. The van der Waals surface area contributed by atoms with E-state index >= 15 is 0 Å². The molecule has 3 nitrogen and oxygen atoms in total. The Kier molecular flexibility index (Phi) is 5.86. The van der Waals surface area contributed by atoms with Crippen molar-refractivity contribution >= 4 is 20.9 Å². The van der Waals surface area contributed by atoms with Crippen molar-refractivity contribution in [2.45, 2.75) is 58.8 Å². The van der Waals surface area contributed by atoms with E-state index in [0.29, 0.717) is 0 Å². The van der Waals surface area contributed by atoms with E-state index in [1.54, 1.807) is 12.4 Å². The van der Waals surface area contributed by atoms with Crippen molar-refractivity contribution < 1.29 is 6.16 Å². The molecule has 1 heterocycles. The summed E-state index contributed by atoms with van der Waals surface area (Å²) in [5, 5.41) is 2.47. The molecule has 142 valence electrons. The second-order valence-corrected chi connectivity index (χ2v) is 7.82. The van der Waals surface area contributed by atoms with Crippen molar-refractivity contribution in [1.82, 2.24) is 9.97 Å². The van der Waals surface area contributed by atoms with Crippen molar-refractivity contribution in [1.29, 1.82) is 0 Å². The fraction of sp³-hybridized carbons (Fsp3) is 0.375. The SMILES string of the molecule is CCCC[C-](CC)Oc1cc2ccccc2c2c1-c1nccnc1C2(C)C.[Be+2].[H-]. The number of rotatable bonds is 6. The van der Waals surface area contributed by atoms with E-state index in [0.717, 1.165) is 48.1 Å². The molecule has 0 atom stereocenters. The van der Waals surface area contributed by atoms with Gasteiger partial charge in [0.15, 0.2) is 0 Å². The third-order valence-corrected chi connectivity index (χ3v) is 5.62. The van der Waals surface area contributed by atoms with Crippen LogP contribution in [0.15, 0.2) is 42.7 Å². The zero-order valence-electron chi connectivity index (χ0n) is 18.4. The van der Waals surface area contributed by atoms with Gasteiger partial charge in [0.2, 0.25) is 0 Å².